The number of amides is 2. The zero-order chi connectivity index (χ0) is 17.7. The van der Waals surface area contributed by atoms with E-state index in [4.69, 9.17) is 21.1 Å². The third-order valence-electron chi connectivity index (χ3n) is 4.02. The molecule has 6 nitrogen and oxygen atoms in total. The number of nitrogens with zero attached hydrogens (tertiary/aromatic N) is 2. The fraction of sp³-hybridized carbons (Fsp3) is 0.529. The molecule has 1 saturated heterocycles. The summed E-state index contributed by atoms with van der Waals surface area (Å²) in [6, 6.07) is 3.58. The highest BCUT2D eigenvalue weighted by molar-refractivity contribution is 6.30. The molecular formula is C17H23ClN2O4. The molecule has 2 rings (SSSR count). The Balaban J connectivity index is 1.98. The highest BCUT2D eigenvalue weighted by Gasteiger charge is 2.25. The third-order valence-corrected chi connectivity index (χ3v) is 4.24. The highest BCUT2D eigenvalue weighted by atomic mass is 35.5. The van der Waals surface area contributed by atoms with Gasteiger partial charge in [-0.2, -0.15) is 0 Å². The van der Waals surface area contributed by atoms with Crippen molar-refractivity contribution >= 4 is 23.6 Å². The molecule has 1 fully saturated rings. The summed E-state index contributed by atoms with van der Waals surface area (Å²) in [5, 5.41) is 0.586. The van der Waals surface area contributed by atoms with E-state index in [0.717, 1.165) is 11.1 Å². The van der Waals surface area contributed by atoms with Gasteiger partial charge in [-0.3, -0.25) is 4.79 Å². The monoisotopic (exact) mass is 354 g/mol. The first-order valence-electron chi connectivity index (χ1n) is 7.98. The minimum Gasteiger partial charge on any atom is -0.496 e. The van der Waals surface area contributed by atoms with Gasteiger partial charge in [0.05, 0.1) is 20.1 Å². The van der Waals surface area contributed by atoms with Crippen LogP contribution < -0.4 is 4.74 Å². The van der Waals surface area contributed by atoms with E-state index in [1.54, 1.807) is 29.9 Å². The van der Waals surface area contributed by atoms with Crippen LogP contribution >= 0.6 is 11.6 Å². The van der Waals surface area contributed by atoms with E-state index in [2.05, 4.69) is 0 Å². The van der Waals surface area contributed by atoms with Gasteiger partial charge in [-0.15, -0.1) is 0 Å². The third kappa shape index (κ3) is 4.32. The van der Waals surface area contributed by atoms with Crippen LogP contribution in [-0.4, -0.2) is 61.7 Å². The molecule has 1 aliphatic heterocycles. The maximum absolute atomic E-state index is 12.6. The molecule has 0 saturated carbocycles. The molecule has 132 valence electrons. The van der Waals surface area contributed by atoms with Crippen LogP contribution in [0.4, 0.5) is 4.79 Å². The molecule has 1 heterocycles. The summed E-state index contributed by atoms with van der Waals surface area (Å²) in [5.41, 5.74) is 1.68. The Morgan fingerprint density at radius 1 is 1.17 bits per heavy atom. The van der Waals surface area contributed by atoms with Gasteiger partial charge in [-0.1, -0.05) is 11.6 Å². The normalized spacial score (nSPS) is 14.5. The summed E-state index contributed by atoms with van der Waals surface area (Å²) >= 11 is 6.09. The maximum Gasteiger partial charge on any atom is 0.409 e. The molecule has 0 aliphatic carbocycles. The summed E-state index contributed by atoms with van der Waals surface area (Å²) < 4.78 is 10.4. The lowest BCUT2D eigenvalue weighted by Crippen LogP contribution is -2.51. The topological polar surface area (TPSA) is 59.1 Å². The molecular weight excluding hydrogens is 332 g/mol. The van der Waals surface area contributed by atoms with Crippen LogP contribution in [0, 0.1) is 6.92 Å². The fourth-order valence-corrected chi connectivity index (χ4v) is 3.15. The van der Waals surface area contributed by atoms with Crippen molar-refractivity contribution in [3.8, 4) is 5.75 Å². The first-order chi connectivity index (χ1) is 11.5. The van der Waals surface area contributed by atoms with Gasteiger partial charge >= 0.3 is 6.09 Å². The Morgan fingerprint density at radius 3 is 2.38 bits per heavy atom. The molecule has 0 unspecified atom stereocenters. The summed E-state index contributed by atoms with van der Waals surface area (Å²) in [7, 11) is 1.59. The second-order valence-electron chi connectivity index (χ2n) is 5.66. The standard InChI is InChI=1S/C17H23ClN2O4/c1-4-24-17(22)20-7-5-19(6-8-20)15(21)11-13-10-14(18)9-12(2)16(13)23-3/h9-10H,4-8,11H2,1-3H3. The predicted octanol–water partition coefficient (Wildman–Crippen LogP) is 2.50. The Kier molecular flexibility index (Phi) is 6.31. The van der Waals surface area contributed by atoms with E-state index in [9.17, 15) is 9.59 Å². The van der Waals surface area contributed by atoms with Crippen LogP contribution in [0.15, 0.2) is 12.1 Å². The zero-order valence-electron chi connectivity index (χ0n) is 14.3. The minimum absolute atomic E-state index is 0.00141. The fourth-order valence-electron chi connectivity index (χ4n) is 2.85. The minimum atomic E-state index is -0.322. The van der Waals surface area contributed by atoms with E-state index < -0.39 is 0 Å². The Morgan fingerprint density at radius 2 is 1.79 bits per heavy atom. The molecule has 0 spiro atoms. The molecule has 1 aromatic carbocycles. The summed E-state index contributed by atoms with van der Waals surface area (Å²) in [4.78, 5) is 27.6. The van der Waals surface area contributed by atoms with Crippen molar-refractivity contribution in [1.29, 1.82) is 0 Å². The van der Waals surface area contributed by atoms with Crippen molar-refractivity contribution in [2.75, 3.05) is 39.9 Å². The molecule has 0 N–H and O–H groups in total. The molecule has 0 atom stereocenters. The van der Waals surface area contributed by atoms with Crippen molar-refractivity contribution in [3.05, 3.63) is 28.3 Å². The lowest BCUT2D eigenvalue weighted by molar-refractivity contribution is -0.132. The molecule has 0 bridgehead atoms. The lowest BCUT2D eigenvalue weighted by Gasteiger charge is -2.34. The van der Waals surface area contributed by atoms with Gasteiger partial charge in [0, 0.05) is 36.8 Å². The van der Waals surface area contributed by atoms with Gasteiger partial charge in [0.25, 0.3) is 0 Å². The number of aryl methyl sites for hydroxylation is 1. The van der Waals surface area contributed by atoms with Gasteiger partial charge in [0.1, 0.15) is 5.75 Å². The number of hydrogen-bond donors (Lipinski definition) is 0. The van der Waals surface area contributed by atoms with Crippen molar-refractivity contribution < 1.29 is 19.1 Å². The summed E-state index contributed by atoms with van der Waals surface area (Å²) in [6.45, 7) is 5.99. The second kappa shape index (κ2) is 8.24. The average molecular weight is 355 g/mol. The van der Waals surface area contributed by atoms with Crippen LogP contribution in [0.3, 0.4) is 0 Å². The molecule has 1 aromatic rings. The van der Waals surface area contributed by atoms with E-state index in [-0.39, 0.29) is 18.4 Å². The van der Waals surface area contributed by atoms with Crippen LogP contribution in [0.25, 0.3) is 0 Å². The van der Waals surface area contributed by atoms with Gasteiger partial charge in [-0.05, 0) is 31.5 Å². The molecule has 24 heavy (non-hydrogen) atoms. The van der Waals surface area contributed by atoms with Crippen LogP contribution in [0.1, 0.15) is 18.1 Å². The number of carbonyl (C=O) groups excluding carboxylic acids is 2. The summed E-state index contributed by atoms with van der Waals surface area (Å²) in [6.07, 6.45) is -0.0963. The molecule has 2 amide bonds. The average Bonchev–Trinajstić information content (AvgIpc) is 2.55. The Bertz CT molecular complexity index is 613. The first-order valence-corrected chi connectivity index (χ1v) is 8.36. The van der Waals surface area contributed by atoms with Crippen molar-refractivity contribution in [2.45, 2.75) is 20.3 Å². The molecule has 1 aliphatic rings. The van der Waals surface area contributed by atoms with Crippen LogP contribution in [-0.2, 0) is 16.0 Å². The Labute approximate surface area is 147 Å². The number of carbonyl (C=O) groups is 2. The van der Waals surface area contributed by atoms with Gasteiger partial charge in [-0.25, -0.2) is 4.79 Å². The predicted molar refractivity (Wildman–Crippen MR) is 91.6 cm³/mol. The maximum atomic E-state index is 12.6. The quantitative estimate of drug-likeness (QED) is 0.833. The van der Waals surface area contributed by atoms with Gasteiger partial charge < -0.3 is 19.3 Å². The van der Waals surface area contributed by atoms with E-state index in [1.807, 2.05) is 13.0 Å². The highest BCUT2D eigenvalue weighted by Crippen LogP contribution is 2.28. The Hall–Kier alpha value is -1.95. The van der Waals surface area contributed by atoms with Crippen molar-refractivity contribution in [2.24, 2.45) is 0 Å². The number of rotatable bonds is 4. The number of hydrogen-bond acceptors (Lipinski definition) is 4. The van der Waals surface area contributed by atoms with Crippen LogP contribution in [0.2, 0.25) is 5.02 Å². The van der Waals surface area contributed by atoms with Crippen molar-refractivity contribution in [3.63, 3.8) is 0 Å². The largest absolute Gasteiger partial charge is 0.496 e. The zero-order valence-corrected chi connectivity index (χ0v) is 15.1. The lowest BCUT2D eigenvalue weighted by atomic mass is 10.1. The number of halogens is 1. The first kappa shape index (κ1) is 18.4. The van der Waals surface area contributed by atoms with Gasteiger partial charge in [0.2, 0.25) is 5.91 Å². The van der Waals surface area contributed by atoms with E-state index in [1.165, 1.54) is 0 Å². The SMILES string of the molecule is CCOC(=O)N1CCN(C(=O)Cc2cc(Cl)cc(C)c2OC)CC1. The number of methoxy groups -OCH3 is 1. The van der Waals surface area contributed by atoms with E-state index >= 15 is 0 Å². The number of ether oxygens (including phenoxy) is 2. The summed E-state index contributed by atoms with van der Waals surface area (Å²) in [5.74, 6) is 0.691. The molecule has 0 radical (unpaired) electrons. The second-order valence-corrected chi connectivity index (χ2v) is 6.10. The molecule has 7 heteroatoms. The number of piperazine rings is 1. The van der Waals surface area contributed by atoms with E-state index in [0.29, 0.717) is 43.6 Å². The van der Waals surface area contributed by atoms with Gasteiger partial charge in [0.15, 0.2) is 0 Å². The molecule has 0 aromatic heterocycles. The number of benzene rings is 1. The van der Waals surface area contributed by atoms with Crippen LogP contribution in [0.5, 0.6) is 5.75 Å². The smallest absolute Gasteiger partial charge is 0.409 e. The van der Waals surface area contributed by atoms with Crippen molar-refractivity contribution in [1.82, 2.24) is 9.80 Å².